The zero-order chi connectivity index (χ0) is 24.2. The number of piperidine rings is 1. The van der Waals surface area contributed by atoms with Crippen molar-refractivity contribution in [2.75, 3.05) is 18.0 Å². The van der Waals surface area contributed by atoms with Crippen molar-refractivity contribution >= 4 is 29.0 Å². The van der Waals surface area contributed by atoms with E-state index < -0.39 is 17.5 Å². The molecule has 0 radical (unpaired) electrons. The number of rotatable bonds is 3. The highest BCUT2D eigenvalue weighted by Crippen LogP contribution is 2.47. The van der Waals surface area contributed by atoms with Gasteiger partial charge in [0, 0.05) is 42.6 Å². The average molecular weight is 500 g/mol. The third-order valence-electron chi connectivity index (χ3n) is 6.47. The highest BCUT2D eigenvalue weighted by Gasteiger charge is 2.48. The number of fused-ring (bicyclic) bond motifs is 2. The van der Waals surface area contributed by atoms with Crippen LogP contribution in [0.25, 0.3) is 11.3 Å². The molecule has 2 aliphatic heterocycles. The predicted octanol–water partition coefficient (Wildman–Crippen LogP) is 4.35. The molecule has 0 bridgehead atoms. The Kier molecular flexibility index (Phi) is 5.11. The van der Waals surface area contributed by atoms with Crippen LogP contribution in [-0.2, 0) is 6.18 Å². The van der Waals surface area contributed by atoms with Crippen LogP contribution in [0.5, 0.6) is 5.75 Å². The van der Waals surface area contributed by atoms with Crippen molar-refractivity contribution in [1.82, 2.24) is 24.9 Å². The van der Waals surface area contributed by atoms with Crippen LogP contribution >= 0.6 is 11.8 Å². The minimum Gasteiger partial charge on any atom is -0.485 e. The van der Waals surface area contributed by atoms with Gasteiger partial charge in [0.1, 0.15) is 16.4 Å². The molecule has 1 fully saturated rings. The number of anilines is 1. The first-order valence-electron chi connectivity index (χ1n) is 11.0. The van der Waals surface area contributed by atoms with E-state index in [-0.39, 0.29) is 10.9 Å². The summed E-state index contributed by atoms with van der Waals surface area (Å²) >= 11 is 0.860. The van der Waals surface area contributed by atoms with E-state index in [4.69, 9.17) is 10.5 Å². The van der Waals surface area contributed by atoms with Crippen LogP contribution in [0.4, 0.5) is 19.1 Å². The number of hydrogen-bond donors (Lipinski definition) is 2. The Balaban J connectivity index is 1.19. The molecule has 4 aromatic rings. The van der Waals surface area contributed by atoms with Gasteiger partial charge >= 0.3 is 6.18 Å². The number of pyridine rings is 1. The van der Waals surface area contributed by atoms with Crippen molar-refractivity contribution < 1.29 is 17.9 Å². The lowest BCUT2D eigenvalue weighted by atomic mass is 9.83. The molecule has 1 saturated heterocycles. The van der Waals surface area contributed by atoms with Gasteiger partial charge in [-0.05, 0) is 18.2 Å². The molecule has 35 heavy (non-hydrogen) atoms. The van der Waals surface area contributed by atoms with Crippen molar-refractivity contribution in [1.29, 1.82) is 0 Å². The molecule has 2 aliphatic rings. The Morgan fingerprint density at radius 2 is 1.89 bits per heavy atom. The summed E-state index contributed by atoms with van der Waals surface area (Å²) in [6, 6.07) is 10.5. The summed E-state index contributed by atoms with van der Waals surface area (Å²) in [6.07, 6.45) is -0.570. The van der Waals surface area contributed by atoms with Crippen molar-refractivity contribution in [3.8, 4) is 5.75 Å². The second-order valence-corrected chi connectivity index (χ2v) is 9.62. The molecular formula is C23H20F3N7OS. The summed E-state index contributed by atoms with van der Waals surface area (Å²) < 4.78 is 46.1. The fourth-order valence-electron chi connectivity index (χ4n) is 4.67. The van der Waals surface area contributed by atoms with Gasteiger partial charge in [0.15, 0.2) is 17.0 Å². The Morgan fingerprint density at radius 1 is 1.09 bits per heavy atom. The maximum Gasteiger partial charge on any atom is 0.434 e. The Morgan fingerprint density at radius 3 is 2.66 bits per heavy atom. The number of hydrogen-bond acceptors (Lipinski definition) is 8. The van der Waals surface area contributed by atoms with E-state index in [0.29, 0.717) is 35.4 Å². The summed E-state index contributed by atoms with van der Waals surface area (Å²) in [5, 5.41) is 0.312. The number of alkyl halides is 3. The molecular weight excluding hydrogens is 479 g/mol. The second kappa shape index (κ2) is 8.09. The van der Waals surface area contributed by atoms with Crippen LogP contribution in [0, 0.1) is 0 Å². The highest BCUT2D eigenvalue weighted by atomic mass is 32.2. The van der Waals surface area contributed by atoms with Crippen LogP contribution < -0.4 is 15.4 Å². The van der Waals surface area contributed by atoms with Gasteiger partial charge in [0.05, 0.1) is 12.2 Å². The second-order valence-electron chi connectivity index (χ2n) is 8.56. The molecule has 0 amide bonds. The fourth-order valence-corrected chi connectivity index (χ4v) is 5.55. The van der Waals surface area contributed by atoms with E-state index in [1.165, 1.54) is 18.3 Å². The summed E-state index contributed by atoms with van der Waals surface area (Å²) in [5.74, 6) is 1.45. The Labute approximate surface area is 202 Å². The number of para-hydroxylation sites is 1. The minimum absolute atomic E-state index is 0.0383. The monoisotopic (exact) mass is 499 g/mol. The fraction of sp³-hybridized carbons (Fsp3) is 0.304. The molecule has 0 unspecified atom stereocenters. The molecule has 180 valence electrons. The summed E-state index contributed by atoms with van der Waals surface area (Å²) in [6.45, 7) is 1.35. The maximum atomic E-state index is 13.3. The molecule has 5 heterocycles. The summed E-state index contributed by atoms with van der Waals surface area (Å²) in [4.78, 5) is 22.0. The molecule has 12 heteroatoms. The SMILES string of the molecule is N[C@@H]1c2ccccc2OC12CCN(c1nc3ncc(Sc4cccnc4C(F)(F)F)nc3[nH]1)CC2. The number of aromatic nitrogens is 5. The number of imidazole rings is 1. The third kappa shape index (κ3) is 3.86. The molecule has 1 atom stereocenters. The van der Waals surface area contributed by atoms with E-state index in [0.717, 1.165) is 42.1 Å². The highest BCUT2D eigenvalue weighted by molar-refractivity contribution is 7.99. The van der Waals surface area contributed by atoms with Gasteiger partial charge in [-0.1, -0.05) is 30.0 Å². The van der Waals surface area contributed by atoms with E-state index in [1.54, 1.807) is 0 Å². The molecule has 1 aromatic carbocycles. The molecule has 0 saturated carbocycles. The van der Waals surface area contributed by atoms with Gasteiger partial charge in [-0.25, -0.2) is 9.97 Å². The largest absolute Gasteiger partial charge is 0.485 e. The van der Waals surface area contributed by atoms with Gasteiger partial charge in [0.2, 0.25) is 5.95 Å². The lowest BCUT2D eigenvalue weighted by Crippen LogP contribution is -2.51. The predicted molar refractivity (Wildman–Crippen MR) is 123 cm³/mol. The quantitative estimate of drug-likeness (QED) is 0.429. The zero-order valence-corrected chi connectivity index (χ0v) is 19.1. The zero-order valence-electron chi connectivity index (χ0n) is 18.3. The average Bonchev–Trinajstić information content (AvgIpc) is 3.38. The van der Waals surface area contributed by atoms with Crippen LogP contribution in [0.1, 0.15) is 30.1 Å². The number of nitrogens with two attached hydrogens (primary N) is 1. The number of halogens is 3. The van der Waals surface area contributed by atoms with Crippen LogP contribution in [0.15, 0.2) is 58.7 Å². The lowest BCUT2D eigenvalue weighted by molar-refractivity contribution is -0.143. The van der Waals surface area contributed by atoms with Crippen LogP contribution in [0.3, 0.4) is 0 Å². The first-order valence-corrected chi connectivity index (χ1v) is 11.9. The first kappa shape index (κ1) is 22.1. The van der Waals surface area contributed by atoms with Crippen molar-refractivity contribution in [2.45, 2.75) is 40.6 Å². The van der Waals surface area contributed by atoms with E-state index >= 15 is 0 Å². The number of nitrogens with zero attached hydrogens (tertiary/aromatic N) is 5. The molecule has 6 rings (SSSR count). The molecule has 3 aromatic heterocycles. The van der Waals surface area contributed by atoms with Gasteiger partial charge in [-0.2, -0.15) is 18.2 Å². The molecule has 0 aliphatic carbocycles. The van der Waals surface area contributed by atoms with Crippen molar-refractivity contribution in [2.24, 2.45) is 5.73 Å². The third-order valence-corrected chi connectivity index (χ3v) is 7.43. The number of ether oxygens (including phenoxy) is 1. The maximum absolute atomic E-state index is 13.3. The van der Waals surface area contributed by atoms with Crippen molar-refractivity contribution in [3.05, 3.63) is 60.0 Å². The first-order chi connectivity index (χ1) is 16.8. The molecule has 1 spiro atoms. The number of aromatic amines is 1. The van der Waals surface area contributed by atoms with Crippen molar-refractivity contribution in [3.63, 3.8) is 0 Å². The normalized spacial score (nSPS) is 19.2. The van der Waals surface area contributed by atoms with Gasteiger partial charge in [-0.3, -0.25) is 4.98 Å². The Hall–Kier alpha value is -3.38. The minimum atomic E-state index is -4.55. The topological polar surface area (TPSA) is 106 Å². The molecule has 3 N–H and O–H groups in total. The summed E-state index contributed by atoms with van der Waals surface area (Å²) in [5.41, 5.74) is 7.00. The van der Waals surface area contributed by atoms with Gasteiger partial charge < -0.3 is 20.4 Å². The number of nitrogens with one attached hydrogen (secondary N) is 1. The molecule has 8 nitrogen and oxygen atoms in total. The van der Waals surface area contributed by atoms with Crippen LogP contribution in [-0.4, -0.2) is 43.6 Å². The van der Waals surface area contributed by atoms with Crippen LogP contribution in [0.2, 0.25) is 0 Å². The van der Waals surface area contributed by atoms with Gasteiger partial charge in [0.25, 0.3) is 0 Å². The number of H-pyrrole nitrogens is 1. The van der Waals surface area contributed by atoms with Gasteiger partial charge in [-0.15, -0.1) is 0 Å². The smallest absolute Gasteiger partial charge is 0.434 e. The summed E-state index contributed by atoms with van der Waals surface area (Å²) in [7, 11) is 0. The Bertz CT molecular complexity index is 1400. The van der Waals surface area contributed by atoms with E-state index in [1.807, 2.05) is 24.3 Å². The van der Waals surface area contributed by atoms with E-state index in [2.05, 4.69) is 29.8 Å². The standard InChI is InChI=1S/C23H20F3N7OS/c24-23(25,26)18-15(6-3-9-28-18)35-16-12-29-19-20(30-16)32-21(31-19)33-10-7-22(8-11-33)17(27)13-4-1-2-5-14(13)34-22/h1-6,9,12,17H,7-8,10-11,27H2,(H,29,30,31,32)/t17-/m1/s1. The number of benzene rings is 1. The van der Waals surface area contributed by atoms with E-state index in [9.17, 15) is 13.2 Å². The lowest BCUT2D eigenvalue weighted by Gasteiger charge is -2.40.